The number of carbonyl (C=O) groups is 1. The Hall–Kier alpha value is -3.01. The van der Waals surface area contributed by atoms with E-state index in [4.69, 9.17) is 5.11 Å². The van der Waals surface area contributed by atoms with Crippen LogP contribution in [0.5, 0.6) is 17.2 Å². The molecule has 4 nitrogen and oxygen atoms in total. The Morgan fingerprint density at radius 1 is 0.762 bits per heavy atom. The minimum atomic E-state index is -0.232. The number of rotatable bonds is 4. The molecule has 0 spiro atoms. The third kappa shape index (κ3) is 4.24. The molecule has 0 saturated carbocycles. The quantitative estimate of drug-likeness (QED) is 0.595. The lowest BCUT2D eigenvalue weighted by Gasteiger charge is -1.97. The molecule has 0 fully saturated rings. The van der Waals surface area contributed by atoms with E-state index in [0.29, 0.717) is 5.56 Å². The van der Waals surface area contributed by atoms with Gasteiger partial charge in [0.1, 0.15) is 5.75 Å². The molecule has 0 bridgehead atoms. The normalized spacial score (nSPS) is 11.2. The molecule has 2 aromatic carbocycles. The van der Waals surface area contributed by atoms with Crippen molar-refractivity contribution in [3.05, 3.63) is 65.7 Å². The number of carbonyl (C=O) groups excluding carboxylic acids is 1. The second kappa shape index (κ2) is 6.43. The average molecular weight is 282 g/mol. The van der Waals surface area contributed by atoms with Gasteiger partial charge in [0.25, 0.3) is 0 Å². The first kappa shape index (κ1) is 14.4. The van der Waals surface area contributed by atoms with Crippen molar-refractivity contribution in [3.63, 3.8) is 0 Å². The number of ketones is 1. The Labute approximate surface area is 121 Å². The zero-order chi connectivity index (χ0) is 15.2. The molecule has 0 aliphatic heterocycles. The highest BCUT2D eigenvalue weighted by atomic mass is 16.3. The predicted molar refractivity (Wildman–Crippen MR) is 81.0 cm³/mol. The highest BCUT2D eigenvalue weighted by Crippen LogP contribution is 2.25. The Kier molecular flexibility index (Phi) is 4.41. The zero-order valence-electron chi connectivity index (χ0n) is 11.1. The number of aromatic hydroxyl groups is 3. The van der Waals surface area contributed by atoms with Crippen LogP contribution in [0.2, 0.25) is 0 Å². The van der Waals surface area contributed by atoms with E-state index < -0.39 is 0 Å². The number of hydrogen-bond acceptors (Lipinski definition) is 4. The summed E-state index contributed by atoms with van der Waals surface area (Å²) in [6.45, 7) is 0. The third-order valence-electron chi connectivity index (χ3n) is 2.77. The molecule has 3 N–H and O–H groups in total. The largest absolute Gasteiger partial charge is 0.508 e. The van der Waals surface area contributed by atoms with Crippen molar-refractivity contribution in [2.75, 3.05) is 0 Å². The smallest absolute Gasteiger partial charge is 0.178 e. The minimum absolute atomic E-state index is 0.172. The Balaban J connectivity index is 2.02. The van der Waals surface area contributed by atoms with E-state index in [9.17, 15) is 15.0 Å². The van der Waals surface area contributed by atoms with Crippen molar-refractivity contribution in [2.45, 2.75) is 0 Å². The van der Waals surface area contributed by atoms with Gasteiger partial charge in [-0.2, -0.15) is 0 Å². The van der Waals surface area contributed by atoms with E-state index in [2.05, 4.69) is 0 Å². The van der Waals surface area contributed by atoms with Gasteiger partial charge < -0.3 is 15.3 Å². The van der Waals surface area contributed by atoms with Crippen LogP contribution in [0, 0.1) is 0 Å². The van der Waals surface area contributed by atoms with Crippen LogP contribution in [0.4, 0.5) is 0 Å². The SMILES string of the molecule is O=C(/C=C/c1ccc(O)cc1)/C=C/c1ccc(O)c(O)c1. The van der Waals surface area contributed by atoms with Crippen LogP contribution in [0.25, 0.3) is 12.2 Å². The lowest BCUT2D eigenvalue weighted by molar-refractivity contribution is -0.110. The fraction of sp³-hybridized carbons (Fsp3) is 0. The van der Waals surface area contributed by atoms with Gasteiger partial charge >= 0.3 is 0 Å². The van der Waals surface area contributed by atoms with Gasteiger partial charge in [0, 0.05) is 0 Å². The van der Waals surface area contributed by atoms with Crippen molar-refractivity contribution in [1.82, 2.24) is 0 Å². The third-order valence-corrected chi connectivity index (χ3v) is 2.77. The molecule has 0 radical (unpaired) electrons. The number of benzene rings is 2. The summed E-state index contributed by atoms with van der Waals surface area (Å²) in [5.41, 5.74) is 1.41. The van der Waals surface area contributed by atoms with Crippen LogP contribution < -0.4 is 0 Å². The van der Waals surface area contributed by atoms with Crippen LogP contribution in [-0.4, -0.2) is 21.1 Å². The number of allylic oxidation sites excluding steroid dienone is 2. The molecule has 4 heteroatoms. The molecule has 2 rings (SSSR count). The molecule has 0 saturated heterocycles. The molecule has 0 aliphatic rings. The van der Waals surface area contributed by atoms with Gasteiger partial charge in [-0.25, -0.2) is 0 Å². The van der Waals surface area contributed by atoms with E-state index in [0.717, 1.165) is 5.56 Å². The Morgan fingerprint density at radius 2 is 1.33 bits per heavy atom. The summed E-state index contributed by atoms with van der Waals surface area (Å²) in [4.78, 5) is 11.7. The van der Waals surface area contributed by atoms with Crippen molar-refractivity contribution in [1.29, 1.82) is 0 Å². The van der Waals surface area contributed by atoms with E-state index in [1.54, 1.807) is 42.5 Å². The van der Waals surface area contributed by atoms with Gasteiger partial charge in [0.15, 0.2) is 17.3 Å². The van der Waals surface area contributed by atoms with Gasteiger partial charge in [0.2, 0.25) is 0 Å². The first-order valence-corrected chi connectivity index (χ1v) is 6.26. The average Bonchev–Trinajstić information content (AvgIpc) is 2.48. The Bertz CT molecular complexity index is 697. The van der Waals surface area contributed by atoms with E-state index >= 15 is 0 Å². The molecule has 0 aromatic heterocycles. The summed E-state index contributed by atoms with van der Waals surface area (Å²) in [6.07, 6.45) is 5.95. The van der Waals surface area contributed by atoms with Crippen molar-refractivity contribution in [2.24, 2.45) is 0 Å². The molecular formula is C17H14O4. The van der Waals surface area contributed by atoms with Gasteiger partial charge in [-0.1, -0.05) is 30.4 Å². The minimum Gasteiger partial charge on any atom is -0.508 e. The molecule has 0 aliphatic carbocycles. The summed E-state index contributed by atoms with van der Waals surface area (Å²) < 4.78 is 0. The van der Waals surface area contributed by atoms with Gasteiger partial charge in [0.05, 0.1) is 0 Å². The maximum Gasteiger partial charge on any atom is 0.178 e. The molecule has 0 unspecified atom stereocenters. The summed E-state index contributed by atoms with van der Waals surface area (Å²) in [6, 6.07) is 10.8. The number of phenols is 3. The predicted octanol–water partition coefficient (Wildman–Crippen LogP) is 3.10. The van der Waals surface area contributed by atoms with Crippen LogP contribution >= 0.6 is 0 Å². The molecule has 21 heavy (non-hydrogen) atoms. The summed E-state index contributed by atoms with van der Waals surface area (Å²) >= 11 is 0. The monoisotopic (exact) mass is 282 g/mol. The van der Waals surface area contributed by atoms with Gasteiger partial charge in [-0.05, 0) is 47.5 Å². The van der Waals surface area contributed by atoms with Gasteiger partial charge in [-0.3, -0.25) is 4.79 Å². The summed E-state index contributed by atoms with van der Waals surface area (Å²) in [7, 11) is 0. The van der Waals surface area contributed by atoms with Crippen molar-refractivity contribution < 1.29 is 20.1 Å². The van der Waals surface area contributed by atoms with Crippen LogP contribution in [0.3, 0.4) is 0 Å². The molecule has 0 heterocycles. The van der Waals surface area contributed by atoms with E-state index in [1.807, 2.05) is 0 Å². The first-order chi connectivity index (χ1) is 10.0. The highest BCUT2D eigenvalue weighted by Gasteiger charge is 1.98. The lowest BCUT2D eigenvalue weighted by atomic mass is 10.1. The van der Waals surface area contributed by atoms with E-state index in [1.165, 1.54) is 24.3 Å². The van der Waals surface area contributed by atoms with Gasteiger partial charge in [-0.15, -0.1) is 0 Å². The van der Waals surface area contributed by atoms with E-state index in [-0.39, 0.29) is 23.0 Å². The second-order valence-corrected chi connectivity index (χ2v) is 4.41. The molecule has 0 atom stereocenters. The Morgan fingerprint density at radius 3 is 1.95 bits per heavy atom. The maximum absolute atomic E-state index is 11.7. The fourth-order valence-corrected chi connectivity index (χ4v) is 1.64. The highest BCUT2D eigenvalue weighted by molar-refractivity contribution is 6.04. The van der Waals surface area contributed by atoms with Crippen LogP contribution in [0.1, 0.15) is 11.1 Å². The number of hydrogen-bond donors (Lipinski definition) is 3. The molecular weight excluding hydrogens is 268 g/mol. The van der Waals surface area contributed by atoms with Crippen molar-refractivity contribution in [3.8, 4) is 17.2 Å². The number of phenolic OH excluding ortho intramolecular Hbond substituents is 3. The van der Waals surface area contributed by atoms with Crippen molar-refractivity contribution >= 4 is 17.9 Å². The fourth-order valence-electron chi connectivity index (χ4n) is 1.64. The summed E-state index contributed by atoms with van der Waals surface area (Å²) in [5.74, 6) is -0.476. The molecule has 0 amide bonds. The second-order valence-electron chi connectivity index (χ2n) is 4.41. The molecule has 106 valence electrons. The first-order valence-electron chi connectivity index (χ1n) is 6.26. The van der Waals surface area contributed by atoms with Crippen LogP contribution in [-0.2, 0) is 4.79 Å². The maximum atomic E-state index is 11.7. The molecule has 2 aromatic rings. The summed E-state index contributed by atoms with van der Waals surface area (Å²) in [5, 5.41) is 27.7. The zero-order valence-corrected chi connectivity index (χ0v) is 11.1. The lowest BCUT2D eigenvalue weighted by Crippen LogP contribution is -1.85. The van der Waals surface area contributed by atoms with Crippen LogP contribution in [0.15, 0.2) is 54.6 Å². The topological polar surface area (TPSA) is 77.8 Å². The standard InChI is InChI=1S/C17H14O4/c18-14-6-1-12(2-7-14)3-8-15(19)9-4-13-5-10-16(20)17(21)11-13/h1-11,18,20-21H/b8-3+,9-4+.